The summed E-state index contributed by atoms with van der Waals surface area (Å²) >= 11 is 0. The van der Waals surface area contributed by atoms with E-state index in [1.807, 2.05) is 6.07 Å². The molecule has 0 bridgehead atoms. The van der Waals surface area contributed by atoms with Gasteiger partial charge in [-0.15, -0.1) is 0 Å². The number of rotatable bonds is 4. The van der Waals surface area contributed by atoms with Gasteiger partial charge in [-0.2, -0.15) is 5.10 Å². The van der Waals surface area contributed by atoms with Crippen LogP contribution in [0.5, 0.6) is 0 Å². The Morgan fingerprint density at radius 3 is 2.67 bits per heavy atom. The Kier molecular flexibility index (Phi) is 3.81. The van der Waals surface area contributed by atoms with Gasteiger partial charge in [-0.25, -0.2) is 13.5 Å². The highest BCUT2D eigenvalue weighted by Crippen LogP contribution is 2.41. The van der Waals surface area contributed by atoms with Gasteiger partial charge in [-0.1, -0.05) is 6.07 Å². The maximum absolute atomic E-state index is 14.1. The second-order valence-electron chi connectivity index (χ2n) is 7.47. The summed E-state index contributed by atoms with van der Waals surface area (Å²) in [5.41, 5.74) is 3.89. The molecule has 140 valence electrons. The fourth-order valence-corrected chi connectivity index (χ4v) is 4.01. The van der Waals surface area contributed by atoms with Crippen molar-refractivity contribution in [2.75, 3.05) is 11.4 Å². The van der Waals surface area contributed by atoms with Gasteiger partial charge in [0.15, 0.2) is 0 Å². The fourth-order valence-electron chi connectivity index (χ4n) is 4.01. The number of H-pyrrole nitrogens is 1. The van der Waals surface area contributed by atoms with Crippen molar-refractivity contribution >= 4 is 5.82 Å². The smallest absolute Gasteiger partial charge is 0.135 e. The average molecular weight is 368 g/mol. The van der Waals surface area contributed by atoms with Crippen LogP contribution in [-0.4, -0.2) is 21.3 Å². The minimum atomic E-state index is -0.538. The lowest BCUT2D eigenvalue weighted by Gasteiger charge is -2.28. The van der Waals surface area contributed by atoms with Crippen LogP contribution in [0.3, 0.4) is 0 Å². The molecule has 1 aliphatic heterocycles. The van der Waals surface area contributed by atoms with Crippen molar-refractivity contribution in [3.05, 3.63) is 58.9 Å². The van der Waals surface area contributed by atoms with Gasteiger partial charge in [0, 0.05) is 43.7 Å². The molecule has 3 heterocycles. The van der Waals surface area contributed by atoms with Gasteiger partial charge in [0.2, 0.25) is 0 Å². The lowest BCUT2D eigenvalue weighted by atomic mass is 10.1. The molecule has 0 saturated heterocycles. The minimum absolute atomic E-state index is 0.0214. The van der Waals surface area contributed by atoms with Crippen LogP contribution in [0.1, 0.15) is 42.6 Å². The molecule has 0 unspecified atom stereocenters. The zero-order valence-corrected chi connectivity index (χ0v) is 15.3. The number of halogens is 2. The van der Waals surface area contributed by atoms with Crippen molar-refractivity contribution in [2.24, 2.45) is 0 Å². The Morgan fingerprint density at radius 2 is 1.96 bits per heavy atom. The van der Waals surface area contributed by atoms with Gasteiger partial charge < -0.3 is 9.88 Å². The molecule has 0 amide bonds. The second kappa shape index (κ2) is 6.22. The van der Waals surface area contributed by atoms with Gasteiger partial charge in [0.25, 0.3) is 0 Å². The van der Waals surface area contributed by atoms with Crippen LogP contribution in [0.2, 0.25) is 0 Å². The molecule has 6 heteroatoms. The number of aromatic amines is 1. The van der Waals surface area contributed by atoms with Crippen molar-refractivity contribution in [1.29, 1.82) is 0 Å². The normalized spacial score (nSPS) is 16.6. The molecule has 3 aromatic rings. The molecular formula is C21H22F2N4. The molecule has 2 aliphatic rings. The zero-order chi connectivity index (χ0) is 18.5. The summed E-state index contributed by atoms with van der Waals surface area (Å²) in [5, 5.41) is 4.77. The Morgan fingerprint density at radius 1 is 1.19 bits per heavy atom. The van der Waals surface area contributed by atoms with Gasteiger partial charge in [0.1, 0.15) is 17.5 Å². The third kappa shape index (κ3) is 2.83. The SMILES string of the molecule is CCn1nc(C2CC2)cc1N1CCc2[nH]c(-c3c(F)cccc3F)cc2C1. The van der Waals surface area contributed by atoms with Crippen molar-refractivity contribution in [1.82, 2.24) is 14.8 Å². The molecule has 5 rings (SSSR count). The summed E-state index contributed by atoms with van der Waals surface area (Å²) in [4.78, 5) is 5.56. The molecule has 4 nitrogen and oxygen atoms in total. The van der Waals surface area contributed by atoms with E-state index in [4.69, 9.17) is 5.10 Å². The number of hydrogen-bond acceptors (Lipinski definition) is 2. The number of nitrogens with zero attached hydrogens (tertiary/aromatic N) is 3. The van der Waals surface area contributed by atoms with E-state index in [-0.39, 0.29) is 5.56 Å². The third-order valence-corrected chi connectivity index (χ3v) is 5.61. The highest BCUT2D eigenvalue weighted by Gasteiger charge is 2.29. The Labute approximate surface area is 156 Å². The topological polar surface area (TPSA) is 36.9 Å². The van der Waals surface area contributed by atoms with Crippen LogP contribution in [-0.2, 0) is 19.5 Å². The molecule has 0 radical (unpaired) electrons. The highest BCUT2D eigenvalue weighted by atomic mass is 19.1. The van der Waals surface area contributed by atoms with Crippen molar-refractivity contribution in [3.63, 3.8) is 0 Å². The van der Waals surface area contributed by atoms with E-state index < -0.39 is 11.6 Å². The van der Waals surface area contributed by atoms with E-state index in [0.29, 0.717) is 11.6 Å². The van der Waals surface area contributed by atoms with E-state index >= 15 is 0 Å². The second-order valence-corrected chi connectivity index (χ2v) is 7.47. The zero-order valence-electron chi connectivity index (χ0n) is 15.3. The number of aromatic nitrogens is 3. The quantitative estimate of drug-likeness (QED) is 0.730. The van der Waals surface area contributed by atoms with Gasteiger partial charge >= 0.3 is 0 Å². The van der Waals surface area contributed by atoms with Crippen molar-refractivity contribution < 1.29 is 8.78 Å². The molecule has 1 fully saturated rings. The molecule has 2 aromatic heterocycles. The first-order chi connectivity index (χ1) is 13.1. The Balaban J connectivity index is 1.46. The van der Waals surface area contributed by atoms with Crippen molar-refractivity contribution in [3.8, 4) is 11.3 Å². The maximum Gasteiger partial charge on any atom is 0.135 e. The number of aryl methyl sites for hydroxylation is 1. The number of fused-ring (bicyclic) bond motifs is 1. The monoisotopic (exact) mass is 368 g/mol. The van der Waals surface area contributed by atoms with Crippen molar-refractivity contribution in [2.45, 2.75) is 45.2 Å². The van der Waals surface area contributed by atoms with Crippen LogP contribution in [0.15, 0.2) is 30.3 Å². The number of hydrogen-bond donors (Lipinski definition) is 1. The molecule has 1 saturated carbocycles. The summed E-state index contributed by atoms with van der Waals surface area (Å²) in [5.74, 6) is 0.692. The molecular weight excluding hydrogens is 346 g/mol. The van der Waals surface area contributed by atoms with Crippen LogP contribution in [0.25, 0.3) is 11.3 Å². The van der Waals surface area contributed by atoms with E-state index in [9.17, 15) is 8.78 Å². The summed E-state index contributed by atoms with van der Waals surface area (Å²) in [7, 11) is 0. The molecule has 0 spiro atoms. The Hall–Kier alpha value is -2.63. The predicted molar refractivity (Wildman–Crippen MR) is 101 cm³/mol. The van der Waals surface area contributed by atoms with Gasteiger partial charge in [-0.05, 0) is 43.5 Å². The molecule has 1 aromatic carbocycles. The summed E-state index contributed by atoms with van der Waals surface area (Å²) in [6, 6.07) is 8.09. The van der Waals surface area contributed by atoms with E-state index in [1.165, 1.54) is 36.7 Å². The minimum Gasteiger partial charge on any atom is -0.358 e. The predicted octanol–water partition coefficient (Wildman–Crippen LogP) is 4.62. The lowest BCUT2D eigenvalue weighted by Crippen LogP contribution is -2.31. The first kappa shape index (κ1) is 16.5. The van der Waals surface area contributed by atoms with E-state index in [2.05, 4.69) is 27.6 Å². The van der Waals surface area contributed by atoms with E-state index in [0.717, 1.165) is 43.1 Å². The first-order valence-corrected chi connectivity index (χ1v) is 9.62. The standard InChI is InChI=1S/C21H22F2N4/c1-2-27-20(11-18(25-27)13-6-7-13)26-9-8-17-14(12-26)10-19(24-17)21-15(22)4-3-5-16(21)23/h3-5,10-11,13,24H,2,6-9,12H2,1H3. The number of benzene rings is 1. The molecule has 1 aliphatic carbocycles. The van der Waals surface area contributed by atoms with E-state index in [1.54, 1.807) is 0 Å². The first-order valence-electron chi connectivity index (χ1n) is 9.62. The molecule has 0 atom stereocenters. The average Bonchev–Trinajstić information content (AvgIpc) is 3.28. The van der Waals surface area contributed by atoms with Gasteiger partial charge in [0.05, 0.1) is 17.0 Å². The fraction of sp³-hybridized carbons (Fsp3) is 0.381. The molecule has 27 heavy (non-hydrogen) atoms. The number of anilines is 1. The van der Waals surface area contributed by atoms with Crippen LogP contribution in [0, 0.1) is 11.6 Å². The lowest BCUT2D eigenvalue weighted by molar-refractivity contribution is 0.588. The Bertz CT molecular complexity index is 980. The largest absolute Gasteiger partial charge is 0.358 e. The van der Waals surface area contributed by atoms with Crippen LogP contribution < -0.4 is 4.90 Å². The third-order valence-electron chi connectivity index (χ3n) is 5.61. The summed E-state index contributed by atoms with van der Waals surface area (Å²) < 4.78 is 30.4. The highest BCUT2D eigenvalue weighted by molar-refractivity contribution is 5.64. The maximum atomic E-state index is 14.1. The van der Waals surface area contributed by atoms with Crippen LogP contribution >= 0.6 is 0 Å². The number of nitrogens with one attached hydrogen (secondary N) is 1. The van der Waals surface area contributed by atoms with Gasteiger partial charge in [-0.3, -0.25) is 0 Å². The summed E-state index contributed by atoms with van der Waals surface area (Å²) in [6.45, 7) is 4.53. The molecule has 1 N–H and O–H groups in total. The summed E-state index contributed by atoms with van der Waals surface area (Å²) in [6.07, 6.45) is 3.29. The van der Waals surface area contributed by atoms with Crippen LogP contribution in [0.4, 0.5) is 14.6 Å².